The van der Waals surface area contributed by atoms with Crippen LogP contribution in [0.3, 0.4) is 0 Å². The van der Waals surface area contributed by atoms with Crippen LogP contribution in [0.2, 0.25) is 0 Å². The fourth-order valence-corrected chi connectivity index (χ4v) is 3.34. The Kier molecular flexibility index (Phi) is 9.93. The van der Waals surface area contributed by atoms with Gasteiger partial charge >= 0.3 is 6.09 Å². The Labute approximate surface area is 204 Å². The molecule has 0 radical (unpaired) electrons. The average Bonchev–Trinajstić information content (AvgIpc) is 2.68. The monoisotopic (exact) mass is 469 g/mol. The van der Waals surface area contributed by atoms with Gasteiger partial charge in [-0.05, 0) is 59.1 Å². The molecule has 0 aliphatic carbocycles. The number of carbonyl (C=O) groups excluding carboxylic acids is 3. The first kappa shape index (κ1) is 28.8. The molecule has 2 atom stereocenters. The molecule has 0 saturated carbocycles. The van der Waals surface area contributed by atoms with Gasteiger partial charge in [-0.2, -0.15) is 0 Å². The second-order valence-electron chi connectivity index (χ2n) is 10.5. The minimum absolute atomic E-state index is 0.0686. The Bertz CT molecular complexity index is 932. The Balaban J connectivity index is 3.55. The van der Waals surface area contributed by atoms with Crippen LogP contribution in [-0.4, -0.2) is 46.5 Å². The molecular formula is C27H39N3O4. The van der Waals surface area contributed by atoms with Crippen molar-refractivity contribution in [3.63, 3.8) is 0 Å². The molecule has 7 nitrogen and oxygen atoms in total. The maximum absolute atomic E-state index is 13.8. The first-order valence-electron chi connectivity index (χ1n) is 11.4. The number of benzene rings is 1. The molecule has 0 saturated heterocycles. The van der Waals surface area contributed by atoms with Crippen LogP contribution < -0.4 is 10.6 Å². The maximum atomic E-state index is 13.8. The van der Waals surface area contributed by atoms with E-state index in [9.17, 15) is 14.4 Å². The summed E-state index contributed by atoms with van der Waals surface area (Å²) in [4.78, 5) is 41.3. The van der Waals surface area contributed by atoms with Gasteiger partial charge in [-0.25, -0.2) is 4.79 Å². The topological polar surface area (TPSA) is 87.7 Å². The Hall–Kier alpha value is -3.27. The van der Waals surface area contributed by atoms with Crippen LogP contribution >= 0.6 is 0 Å². The van der Waals surface area contributed by atoms with Gasteiger partial charge in [0, 0.05) is 17.6 Å². The molecule has 34 heavy (non-hydrogen) atoms. The van der Waals surface area contributed by atoms with Crippen molar-refractivity contribution >= 4 is 17.9 Å². The maximum Gasteiger partial charge on any atom is 0.408 e. The molecule has 0 spiro atoms. The normalized spacial score (nSPS) is 13.3. The van der Waals surface area contributed by atoms with Crippen LogP contribution in [0.1, 0.15) is 72.6 Å². The smallest absolute Gasteiger partial charge is 0.408 e. The van der Waals surface area contributed by atoms with E-state index in [4.69, 9.17) is 11.2 Å². The lowest BCUT2D eigenvalue weighted by Crippen LogP contribution is -2.56. The Morgan fingerprint density at radius 2 is 1.74 bits per heavy atom. The minimum atomic E-state index is -1.03. The summed E-state index contributed by atoms with van der Waals surface area (Å²) < 4.78 is 5.36. The van der Waals surface area contributed by atoms with Crippen molar-refractivity contribution < 1.29 is 19.1 Å². The molecule has 0 fully saturated rings. The van der Waals surface area contributed by atoms with Crippen LogP contribution in [0.5, 0.6) is 0 Å². The van der Waals surface area contributed by atoms with Crippen molar-refractivity contribution in [3.8, 4) is 12.3 Å². The zero-order valence-corrected chi connectivity index (χ0v) is 21.7. The van der Waals surface area contributed by atoms with Crippen molar-refractivity contribution in [1.82, 2.24) is 15.5 Å². The average molecular weight is 470 g/mol. The Morgan fingerprint density at radius 3 is 2.21 bits per heavy atom. The summed E-state index contributed by atoms with van der Waals surface area (Å²) in [7, 11) is 0. The van der Waals surface area contributed by atoms with E-state index < -0.39 is 35.2 Å². The molecule has 2 unspecified atom stereocenters. The molecule has 2 N–H and O–H groups in total. The number of hydrogen-bond donors (Lipinski definition) is 2. The molecule has 0 heterocycles. The van der Waals surface area contributed by atoms with Crippen LogP contribution in [0.25, 0.3) is 0 Å². The van der Waals surface area contributed by atoms with E-state index in [1.807, 2.05) is 34.6 Å². The number of amides is 3. The van der Waals surface area contributed by atoms with Gasteiger partial charge in [-0.15, -0.1) is 13.0 Å². The molecule has 1 aromatic carbocycles. The highest BCUT2D eigenvalue weighted by Gasteiger charge is 2.38. The number of nitrogens with zero attached hydrogens (tertiary/aromatic N) is 1. The van der Waals surface area contributed by atoms with Crippen molar-refractivity contribution in [2.24, 2.45) is 5.92 Å². The molecule has 0 aliphatic rings. The van der Waals surface area contributed by atoms with E-state index in [1.54, 1.807) is 51.1 Å². The predicted molar refractivity (Wildman–Crippen MR) is 135 cm³/mol. The molecule has 0 bridgehead atoms. The first-order chi connectivity index (χ1) is 15.6. The lowest BCUT2D eigenvalue weighted by atomic mass is 9.95. The largest absolute Gasteiger partial charge is 0.444 e. The Morgan fingerprint density at radius 1 is 1.15 bits per heavy atom. The fraction of sp³-hybridized carbons (Fsp3) is 0.519. The highest BCUT2D eigenvalue weighted by atomic mass is 16.6. The molecule has 1 rings (SSSR count). The molecular weight excluding hydrogens is 430 g/mol. The number of alkyl carbamates (subject to hydrolysis) is 1. The second-order valence-corrected chi connectivity index (χ2v) is 10.5. The van der Waals surface area contributed by atoms with Gasteiger partial charge in [0.2, 0.25) is 11.8 Å². The van der Waals surface area contributed by atoms with E-state index in [2.05, 4.69) is 23.1 Å². The SMILES string of the molecule is C#Cc1ccccc1C(C(=O)NC(C)(C)C)N(CC=C)C(=O)C(NC(=O)OC(C)(C)C)C(C)C. The predicted octanol–water partition coefficient (Wildman–Crippen LogP) is 4.19. The van der Waals surface area contributed by atoms with Gasteiger partial charge in [0.25, 0.3) is 0 Å². The standard InChI is InChI=1S/C27H39N3O4/c1-11-17-30(24(32)21(18(3)4)28-25(33)34-27(8,9)10)22(23(31)29-26(5,6)7)20-16-14-13-15-19(20)12-2/h2,11,13-16,18,21-22H,1,17H2,3-10H3,(H,28,33)(H,29,31). The third-order valence-corrected chi connectivity index (χ3v) is 4.68. The zero-order chi connectivity index (χ0) is 26.3. The quantitative estimate of drug-likeness (QED) is 0.441. The van der Waals surface area contributed by atoms with Gasteiger partial charge in [0.15, 0.2) is 0 Å². The summed E-state index contributed by atoms with van der Waals surface area (Å²) in [5.74, 6) is 1.50. The number of nitrogens with one attached hydrogen (secondary N) is 2. The van der Waals surface area contributed by atoms with Gasteiger partial charge in [-0.3, -0.25) is 9.59 Å². The van der Waals surface area contributed by atoms with E-state index >= 15 is 0 Å². The third kappa shape index (κ3) is 8.58. The summed E-state index contributed by atoms with van der Waals surface area (Å²) in [6.45, 7) is 18.3. The van der Waals surface area contributed by atoms with Crippen molar-refractivity contribution in [3.05, 3.63) is 48.0 Å². The van der Waals surface area contributed by atoms with Crippen LogP contribution in [0.4, 0.5) is 4.79 Å². The highest BCUT2D eigenvalue weighted by molar-refractivity contribution is 5.93. The first-order valence-corrected chi connectivity index (χ1v) is 11.4. The fourth-order valence-electron chi connectivity index (χ4n) is 3.34. The summed E-state index contributed by atoms with van der Waals surface area (Å²) in [6, 6.07) is 5.04. The van der Waals surface area contributed by atoms with Gasteiger partial charge in [0.1, 0.15) is 17.7 Å². The number of ether oxygens (including phenoxy) is 1. The summed E-state index contributed by atoms with van der Waals surface area (Å²) >= 11 is 0. The lowest BCUT2D eigenvalue weighted by Gasteiger charge is -2.36. The van der Waals surface area contributed by atoms with E-state index in [0.717, 1.165) is 0 Å². The summed E-state index contributed by atoms with van der Waals surface area (Å²) in [6.07, 6.45) is 6.55. The summed E-state index contributed by atoms with van der Waals surface area (Å²) in [5.41, 5.74) is -0.257. The van der Waals surface area contributed by atoms with Crippen LogP contribution in [0, 0.1) is 18.3 Å². The minimum Gasteiger partial charge on any atom is -0.444 e. The van der Waals surface area contributed by atoms with E-state index in [0.29, 0.717) is 11.1 Å². The van der Waals surface area contributed by atoms with E-state index in [1.165, 1.54) is 4.90 Å². The van der Waals surface area contributed by atoms with Crippen molar-refractivity contribution in [2.45, 2.75) is 78.6 Å². The molecule has 3 amide bonds. The van der Waals surface area contributed by atoms with Crippen molar-refractivity contribution in [1.29, 1.82) is 0 Å². The third-order valence-electron chi connectivity index (χ3n) is 4.68. The van der Waals surface area contributed by atoms with Gasteiger partial charge in [-0.1, -0.05) is 44.0 Å². The summed E-state index contributed by atoms with van der Waals surface area (Å²) in [5, 5.41) is 5.63. The van der Waals surface area contributed by atoms with E-state index in [-0.39, 0.29) is 18.4 Å². The molecule has 1 aromatic rings. The highest BCUT2D eigenvalue weighted by Crippen LogP contribution is 2.27. The molecule has 0 aromatic heterocycles. The number of terminal acetylenes is 1. The molecule has 7 heteroatoms. The molecule has 186 valence electrons. The number of hydrogen-bond acceptors (Lipinski definition) is 4. The zero-order valence-electron chi connectivity index (χ0n) is 21.7. The molecule has 0 aliphatic heterocycles. The van der Waals surface area contributed by atoms with Gasteiger partial charge < -0.3 is 20.3 Å². The van der Waals surface area contributed by atoms with Crippen LogP contribution in [0.15, 0.2) is 36.9 Å². The number of rotatable bonds is 8. The lowest BCUT2D eigenvalue weighted by molar-refractivity contribution is -0.143. The van der Waals surface area contributed by atoms with Crippen LogP contribution in [-0.2, 0) is 14.3 Å². The van der Waals surface area contributed by atoms with Gasteiger partial charge in [0.05, 0.1) is 0 Å². The van der Waals surface area contributed by atoms with Crippen molar-refractivity contribution in [2.75, 3.05) is 6.54 Å². The number of carbonyl (C=O) groups is 3. The second kappa shape index (κ2) is 11.7.